The molecular weight excluding hydrogens is 310 g/mol. The fourth-order valence-corrected chi connectivity index (χ4v) is 2.20. The molecule has 0 spiro atoms. The average molecular weight is 329 g/mol. The van der Waals surface area contributed by atoms with E-state index in [1.165, 1.54) is 25.3 Å². The lowest BCUT2D eigenvalue weighted by molar-refractivity contribution is -0.384. The summed E-state index contributed by atoms with van der Waals surface area (Å²) in [5.41, 5.74) is 2.04. The number of nitrogens with zero attached hydrogens (tertiary/aromatic N) is 1. The van der Waals surface area contributed by atoms with Crippen LogP contribution in [0.5, 0.6) is 5.75 Å². The molecule has 0 aromatic heterocycles. The standard InChI is InChI=1S/C17H19N3O4/c1-11-5-4-6-13(9-11)18-12(2)17(21)19-15-10-14(20(22)23)7-8-16(15)24-3/h4-10,12,18H,1-3H3,(H,19,21)/t12-/m1/s1. The van der Waals surface area contributed by atoms with Crippen molar-refractivity contribution in [3.8, 4) is 5.75 Å². The first-order valence-electron chi connectivity index (χ1n) is 7.37. The van der Waals surface area contributed by atoms with Crippen molar-refractivity contribution in [2.75, 3.05) is 17.7 Å². The van der Waals surface area contributed by atoms with Crippen LogP contribution < -0.4 is 15.4 Å². The van der Waals surface area contributed by atoms with Gasteiger partial charge in [0.05, 0.1) is 17.7 Å². The van der Waals surface area contributed by atoms with Crippen LogP contribution in [-0.4, -0.2) is 24.0 Å². The molecule has 1 atom stereocenters. The number of nitro groups is 1. The summed E-state index contributed by atoms with van der Waals surface area (Å²) in [7, 11) is 1.44. The van der Waals surface area contributed by atoms with Gasteiger partial charge in [-0.05, 0) is 37.6 Å². The van der Waals surface area contributed by atoms with Crippen LogP contribution in [0.15, 0.2) is 42.5 Å². The highest BCUT2D eigenvalue weighted by atomic mass is 16.6. The highest BCUT2D eigenvalue weighted by Crippen LogP contribution is 2.29. The molecule has 0 saturated heterocycles. The van der Waals surface area contributed by atoms with Crippen LogP contribution in [0.1, 0.15) is 12.5 Å². The molecule has 0 unspecified atom stereocenters. The maximum absolute atomic E-state index is 12.4. The lowest BCUT2D eigenvalue weighted by Crippen LogP contribution is -2.32. The summed E-state index contributed by atoms with van der Waals surface area (Å²) in [5, 5.41) is 16.6. The fraction of sp³-hybridized carbons (Fsp3) is 0.235. The van der Waals surface area contributed by atoms with Crippen molar-refractivity contribution in [3.63, 3.8) is 0 Å². The second kappa shape index (κ2) is 7.45. The quantitative estimate of drug-likeness (QED) is 0.626. The monoisotopic (exact) mass is 329 g/mol. The number of carbonyl (C=O) groups is 1. The summed E-state index contributed by atoms with van der Waals surface area (Å²) in [6.07, 6.45) is 0. The summed E-state index contributed by atoms with van der Waals surface area (Å²) in [4.78, 5) is 22.7. The summed E-state index contributed by atoms with van der Waals surface area (Å²) in [5.74, 6) is 0.0343. The van der Waals surface area contributed by atoms with E-state index in [2.05, 4.69) is 10.6 Å². The topological polar surface area (TPSA) is 93.5 Å². The van der Waals surface area contributed by atoms with Crippen molar-refractivity contribution >= 4 is 23.0 Å². The second-order valence-electron chi connectivity index (χ2n) is 5.37. The minimum atomic E-state index is -0.532. The van der Waals surface area contributed by atoms with Crippen LogP contribution in [-0.2, 0) is 4.79 Å². The molecule has 2 aromatic rings. The van der Waals surface area contributed by atoms with Crippen molar-refractivity contribution in [2.45, 2.75) is 19.9 Å². The van der Waals surface area contributed by atoms with E-state index in [1.807, 2.05) is 31.2 Å². The Balaban J connectivity index is 2.13. The molecule has 0 radical (unpaired) electrons. The van der Waals surface area contributed by atoms with Gasteiger partial charge in [0.25, 0.3) is 5.69 Å². The van der Waals surface area contributed by atoms with Gasteiger partial charge < -0.3 is 15.4 Å². The molecule has 2 N–H and O–H groups in total. The van der Waals surface area contributed by atoms with Gasteiger partial charge >= 0.3 is 0 Å². The van der Waals surface area contributed by atoms with Gasteiger partial charge in [0.15, 0.2) is 0 Å². The highest BCUT2D eigenvalue weighted by molar-refractivity contribution is 5.97. The molecule has 1 amide bonds. The Hall–Kier alpha value is -3.09. The maximum atomic E-state index is 12.4. The van der Waals surface area contributed by atoms with E-state index in [4.69, 9.17) is 4.74 Å². The number of nitrogens with one attached hydrogen (secondary N) is 2. The molecule has 0 aliphatic heterocycles. The van der Waals surface area contributed by atoms with Gasteiger partial charge in [-0.15, -0.1) is 0 Å². The van der Waals surface area contributed by atoms with Gasteiger partial charge in [0.2, 0.25) is 5.91 Å². The van der Waals surface area contributed by atoms with E-state index < -0.39 is 11.0 Å². The van der Waals surface area contributed by atoms with Gasteiger partial charge in [-0.2, -0.15) is 0 Å². The Kier molecular flexibility index (Phi) is 5.36. The molecule has 0 aliphatic rings. The molecule has 0 aliphatic carbocycles. The smallest absolute Gasteiger partial charge is 0.271 e. The van der Waals surface area contributed by atoms with Gasteiger partial charge in [-0.1, -0.05) is 12.1 Å². The minimum Gasteiger partial charge on any atom is -0.495 e. The lowest BCUT2D eigenvalue weighted by atomic mass is 10.2. The van der Waals surface area contributed by atoms with Crippen molar-refractivity contribution in [3.05, 3.63) is 58.1 Å². The molecule has 126 valence electrons. The number of nitro benzene ring substituents is 1. The largest absolute Gasteiger partial charge is 0.495 e. The number of rotatable bonds is 6. The first kappa shape index (κ1) is 17.3. The number of benzene rings is 2. The molecular formula is C17H19N3O4. The first-order valence-corrected chi connectivity index (χ1v) is 7.37. The van der Waals surface area contributed by atoms with Crippen LogP contribution in [0.3, 0.4) is 0 Å². The Morgan fingerprint density at radius 2 is 2.00 bits per heavy atom. The molecule has 2 rings (SSSR count). The van der Waals surface area contributed by atoms with Crippen molar-refractivity contribution < 1.29 is 14.5 Å². The Morgan fingerprint density at radius 3 is 2.62 bits per heavy atom. The maximum Gasteiger partial charge on any atom is 0.271 e. The van der Waals surface area contributed by atoms with E-state index in [0.29, 0.717) is 5.75 Å². The molecule has 7 nitrogen and oxygen atoms in total. The predicted octanol–water partition coefficient (Wildman–Crippen LogP) is 3.35. The zero-order chi connectivity index (χ0) is 17.7. The lowest BCUT2D eigenvalue weighted by Gasteiger charge is -2.17. The average Bonchev–Trinajstić information content (AvgIpc) is 2.54. The van der Waals surface area contributed by atoms with E-state index in [1.54, 1.807) is 6.92 Å². The predicted molar refractivity (Wildman–Crippen MR) is 92.5 cm³/mol. The van der Waals surface area contributed by atoms with E-state index >= 15 is 0 Å². The number of aryl methyl sites for hydroxylation is 1. The molecule has 0 heterocycles. The fourth-order valence-electron chi connectivity index (χ4n) is 2.20. The number of hydrogen-bond acceptors (Lipinski definition) is 5. The van der Waals surface area contributed by atoms with E-state index in [0.717, 1.165) is 11.3 Å². The zero-order valence-electron chi connectivity index (χ0n) is 13.7. The van der Waals surface area contributed by atoms with Crippen molar-refractivity contribution in [1.29, 1.82) is 0 Å². The summed E-state index contributed by atoms with van der Waals surface area (Å²) >= 11 is 0. The minimum absolute atomic E-state index is 0.120. The van der Waals surface area contributed by atoms with Gasteiger partial charge in [-0.3, -0.25) is 14.9 Å². The third-order valence-corrected chi connectivity index (χ3v) is 3.45. The Bertz CT molecular complexity index is 761. The first-order chi connectivity index (χ1) is 11.4. The van der Waals surface area contributed by atoms with E-state index in [-0.39, 0.29) is 17.3 Å². The van der Waals surface area contributed by atoms with Crippen LogP contribution in [0.4, 0.5) is 17.1 Å². The third-order valence-electron chi connectivity index (χ3n) is 3.45. The Morgan fingerprint density at radius 1 is 1.25 bits per heavy atom. The van der Waals surface area contributed by atoms with Gasteiger partial charge in [0, 0.05) is 17.8 Å². The number of non-ortho nitro benzene ring substituents is 1. The highest BCUT2D eigenvalue weighted by Gasteiger charge is 2.17. The molecule has 0 bridgehead atoms. The van der Waals surface area contributed by atoms with Crippen LogP contribution in [0, 0.1) is 17.0 Å². The molecule has 7 heteroatoms. The van der Waals surface area contributed by atoms with Crippen LogP contribution in [0.25, 0.3) is 0 Å². The summed E-state index contributed by atoms with van der Waals surface area (Å²) in [6, 6.07) is 11.2. The second-order valence-corrected chi connectivity index (χ2v) is 5.37. The van der Waals surface area contributed by atoms with Crippen LogP contribution >= 0.6 is 0 Å². The number of anilines is 2. The normalized spacial score (nSPS) is 11.5. The molecule has 2 aromatic carbocycles. The molecule has 0 saturated carbocycles. The number of ether oxygens (including phenoxy) is 1. The van der Waals surface area contributed by atoms with Gasteiger partial charge in [0.1, 0.15) is 11.8 Å². The number of amides is 1. The Labute approximate surface area is 139 Å². The third kappa shape index (κ3) is 4.22. The summed E-state index contributed by atoms with van der Waals surface area (Å²) in [6.45, 7) is 3.67. The number of hydrogen-bond donors (Lipinski definition) is 2. The summed E-state index contributed by atoms with van der Waals surface area (Å²) < 4.78 is 5.14. The van der Waals surface area contributed by atoms with Crippen molar-refractivity contribution in [2.24, 2.45) is 0 Å². The number of methoxy groups -OCH3 is 1. The van der Waals surface area contributed by atoms with Gasteiger partial charge in [-0.25, -0.2) is 0 Å². The zero-order valence-corrected chi connectivity index (χ0v) is 13.7. The van der Waals surface area contributed by atoms with Crippen molar-refractivity contribution in [1.82, 2.24) is 0 Å². The SMILES string of the molecule is COc1ccc([N+](=O)[O-])cc1NC(=O)[C@@H](C)Nc1cccc(C)c1. The van der Waals surface area contributed by atoms with Crippen LogP contribution in [0.2, 0.25) is 0 Å². The molecule has 0 fully saturated rings. The molecule has 24 heavy (non-hydrogen) atoms. The number of carbonyl (C=O) groups excluding carboxylic acids is 1. The van der Waals surface area contributed by atoms with E-state index in [9.17, 15) is 14.9 Å².